The number of rotatable bonds is 10. The number of nitrogens with one attached hydrogen (secondary N) is 1. The lowest BCUT2D eigenvalue weighted by Gasteiger charge is -2.37. The first-order chi connectivity index (χ1) is 28.0. The summed E-state index contributed by atoms with van der Waals surface area (Å²) in [5, 5.41) is 8.37. The van der Waals surface area contributed by atoms with Crippen molar-refractivity contribution in [2.45, 2.75) is 34.2 Å². The van der Waals surface area contributed by atoms with Crippen LogP contribution in [0.2, 0.25) is 0 Å². The number of nitrogens with zero attached hydrogens (tertiary/aromatic N) is 4. The van der Waals surface area contributed by atoms with Crippen molar-refractivity contribution < 1.29 is 22.0 Å². The van der Waals surface area contributed by atoms with Gasteiger partial charge in [-0.2, -0.15) is 5.10 Å². The van der Waals surface area contributed by atoms with Crippen LogP contribution in [0.3, 0.4) is 0 Å². The van der Waals surface area contributed by atoms with Gasteiger partial charge in [-0.3, -0.25) is 4.79 Å². The van der Waals surface area contributed by atoms with Gasteiger partial charge in [-0.15, -0.1) is 0 Å². The first-order valence-corrected chi connectivity index (χ1v) is 20.5. The lowest BCUT2D eigenvalue weighted by atomic mass is 9.77. The maximum atomic E-state index is 14.3. The molecule has 9 nitrogen and oxygen atoms in total. The van der Waals surface area contributed by atoms with E-state index in [0.717, 1.165) is 60.4 Å². The number of aromatic nitrogens is 2. The predicted molar refractivity (Wildman–Crippen MR) is 224 cm³/mol. The minimum atomic E-state index is -4.44. The predicted octanol–water partition coefficient (Wildman–Crippen LogP) is 8.35. The highest BCUT2D eigenvalue weighted by atomic mass is 32.2. The Hall–Kier alpha value is -6.37. The van der Waals surface area contributed by atoms with Crippen LogP contribution in [0.1, 0.15) is 39.9 Å². The molecule has 6 aromatic carbocycles. The number of halogens is 2. The highest BCUT2D eigenvalue weighted by Crippen LogP contribution is 2.44. The summed E-state index contributed by atoms with van der Waals surface area (Å²) < 4.78 is 58.5. The van der Waals surface area contributed by atoms with Crippen LogP contribution in [0, 0.1) is 11.6 Å². The van der Waals surface area contributed by atoms with E-state index in [1.807, 2.05) is 97.1 Å². The number of piperidine rings is 1. The molecule has 2 heterocycles. The van der Waals surface area contributed by atoms with Crippen molar-refractivity contribution in [2.75, 3.05) is 43.1 Å². The van der Waals surface area contributed by atoms with Crippen LogP contribution in [0.5, 0.6) is 0 Å². The van der Waals surface area contributed by atoms with Gasteiger partial charge in [-0.1, -0.05) is 91.0 Å². The van der Waals surface area contributed by atoms with Gasteiger partial charge in [-0.25, -0.2) is 21.9 Å². The Kier molecular flexibility index (Phi) is 10.3. The smallest absolute Gasteiger partial charge is 0.258 e. The van der Waals surface area contributed by atoms with Crippen LogP contribution in [-0.2, 0) is 15.4 Å². The summed E-state index contributed by atoms with van der Waals surface area (Å²) in [6.45, 7) is 1.72. The molecule has 1 aromatic heterocycles. The Labute approximate surface area is 336 Å². The summed E-state index contributed by atoms with van der Waals surface area (Å²) in [7, 11) is -0.260. The quantitative estimate of drug-likeness (QED) is 0.106. The Bertz CT molecular complexity index is 2600. The van der Waals surface area contributed by atoms with Crippen LogP contribution >= 0.6 is 0 Å². The number of benzene rings is 6. The van der Waals surface area contributed by atoms with Gasteiger partial charge in [0, 0.05) is 42.0 Å². The molecular formula is C46H42F2N6O3S. The lowest BCUT2D eigenvalue weighted by molar-refractivity contribution is 0.102. The molecule has 1 aliphatic heterocycles. The molecule has 1 aliphatic rings. The summed E-state index contributed by atoms with van der Waals surface area (Å²) in [5.74, 6) is -2.54. The second-order valence-electron chi connectivity index (χ2n) is 14.8. The Morgan fingerprint density at radius 3 is 1.81 bits per heavy atom. The van der Waals surface area contributed by atoms with Gasteiger partial charge >= 0.3 is 0 Å². The molecule has 1 fully saturated rings. The fourth-order valence-electron chi connectivity index (χ4n) is 8.11. The molecule has 3 N–H and O–H groups in total. The van der Waals surface area contributed by atoms with Crippen LogP contribution in [0.4, 0.5) is 26.0 Å². The molecule has 0 spiro atoms. The summed E-state index contributed by atoms with van der Waals surface area (Å²) in [4.78, 5) is 18.0. The van der Waals surface area contributed by atoms with E-state index in [1.165, 1.54) is 12.1 Å². The number of anilines is 3. The fraction of sp³-hybridized carbons (Fsp3) is 0.174. The molecule has 58 heavy (non-hydrogen) atoms. The van der Waals surface area contributed by atoms with Crippen LogP contribution < -0.4 is 16.0 Å². The summed E-state index contributed by atoms with van der Waals surface area (Å²) >= 11 is 0. The molecule has 294 valence electrons. The maximum Gasteiger partial charge on any atom is 0.258 e. The van der Waals surface area contributed by atoms with Gasteiger partial charge in [0.15, 0.2) is 5.82 Å². The molecule has 7 aromatic rings. The molecule has 0 bridgehead atoms. The van der Waals surface area contributed by atoms with Crippen molar-refractivity contribution in [1.82, 2.24) is 14.7 Å². The van der Waals surface area contributed by atoms with Gasteiger partial charge in [-0.05, 0) is 92.2 Å². The lowest BCUT2D eigenvalue weighted by Crippen LogP contribution is -2.42. The number of amides is 1. The van der Waals surface area contributed by atoms with Crippen LogP contribution in [0.15, 0.2) is 155 Å². The van der Waals surface area contributed by atoms with E-state index < -0.39 is 37.8 Å². The van der Waals surface area contributed by atoms with E-state index in [-0.39, 0.29) is 27.4 Å². The summed E-state index contributed by atoms with van der Waals surface area (Å²) in [5.41, 5.74) is 9.86. The standard InChI is InChI=1S/C46H42F2N6O3S/c1-52(2)36-22-24-53(25-23-36)37-18-20-40(42(49)29-37)45(55)50-44-41-30-38(58(56,57)39-27-34(47)26-35(48)28-39)19-21-43(41)54(51-44)46(31-12-6-3-7-13-31,32-14-8-4-9-15-32)33-16-10-5-11-17-33/h3-21,26-30,36H,22-25,49H2,1-2H3,(H,50,51,55). The second kappa shape index (κ2) is 15.5. The molecule has 0 radical (unpaired) electrons. The van der Waals surface area contributed by atoms with E-state index >= 15 is 0 Å². The number of sulfone groups is 1. The molecule has 12 heteroatoms. The first-order valence-electron chi connectivity index (χ1n) is 19.0. The molecular weight excluding hydrogens is 755 g/mol. The Balaban J connectivity index is 1.30. The van der Waals surface area contributed by atoms with Crippen molar-refractivity contribution in [3.05, 3.63) is 179 Å². The van der Waals surface area contributed by atoms with Gasteiger partial charge in [0.05, 0.1) is 20.9 Å². The van der Waals surface area contributed by atoms with Crippen molar-refractivity contribution in [2.24, 2.45) is 0 Å². The number of hydrogen-bond acceptors (Lipinski definition) is 7. The highest BCUT2D eigenvalue weighted by Gasteiger charge is 2.41. The van der Waals surface area contributed by atoms with Gasteiger partial charge in [0.25, 0.3) is 5.91 Å². The number of carbonyl (C=O) groups excluding carboxylic acids is 1. The number of carbonyl (C=O) groups is 1. The van der Waals surface area contributed by atoms with Crippen molar-refractivity contribution >= 4 is 43.8 Å². The first kappa shape index (κ1) is 38.5. The number of nitrogen functional groups attached to an aromatic ring is 1. The van der Waals surface area contributed by atoms with E-state index in [4.69, 9.17) is 10.8 Å². The SMILES string of the molecule is CN(C)C1CCN(c2ccc(C(=O)Nc3nn(C(c4ccccc4)(c4ccccc4)c4ccccc4)c4ccc(S(=O)(=O)c5cc(F)cc(F)c5)cc34)c(N)c2)CC1. The van der Waals surface area contributed by atoms with Gasteiger partial charge < -0.3 is 20.9 Å². The zero-order valence-corrected chi connectivity index (χ0v) is 32.8. The van der Waals surface area contributed by atoms with Crippen molar-refractivity contribution in [1.29, 1.82) is 0 Å². The minimum Gasteiger partial charge on any atom is -0.398 e. The van der Waals surface area contributed by atoms with Gasteiger partial charge in [0.2, 0.25) is 9.84 Å². The van der Waals surface area contributed by atoms with Crippen molar-refractivity contribution in [3.63, 3.8) is 0 Å². The second-order valence-corrected chi connectivity index (χ2v) is 16.7. The average molecular weight is 797 g/mol. The van der Waals surface area contributed by atoms with E-state index in [1.54, 1.807) is 22.9 Å². The van der Waals surface area contributed by atoms with E-state index in [2.05, 4.69) is 29.2 Å². The third-order valence-corrected chi connectivity index (χ3v) is 12.8. The highest BCUT2D eigenvalue weighted by molar-refractivity contribution is 7.91. The summed E-state index contributed by atoms with van der Waals surface area (Å²) in [6.07, 6.45) is 2.01. The van der Waals surface area contributed by atoms with E-state index in [9.17, 15) is 22.0 Å². The largest absolute Gasteiger partial charge is 0.398 e. The third kappa shape index (κ3) is 6.98. The minimum absolute atomic E-state index is 0.0591. The summed E-state index contributed by atoms with van der Waals surface area (Å²) in [6, 6.07) is 41.7. The zero-order valence-electron chi connectivity index (χ0n) is 32.0. The molecule has 0 unspecified atom stereocenters. The molecule has 0 aliphatic carbocycles. The van der Waals surface area contributed by atoms with E-state index in [0.29, 0.717) is 17.6 Å². The monoisotopic (exact) mass is 796 g/mol. The Morgan fingerprint density at radius 1 is 0.741 bits per heavy atom. The normalized spacial score (nSPS) is 13.9. The van der Waals surface area contributed by atoms with Crippen molar-refractivity contribution in [3.8, 4) is 0 Å². The Morgan fingerprint density at radius 2 is 1.29 bits per heavy atom. The molecule has 1 saturated heterocycles. The third-order valence-electron chi connectivity index (χ3n) is 11.1. The zero-order chi connectivity index (χ0) is 40.6. The number of fused-ring (bicyclic) bond motifs is 1. The van der Waals surface area contributed by atoms with Crippen LogP contribution in [0.25, 0.3) is 10.9 Å². The molecule has 0 atom stereocenters. The fourth-order valence-corrected chi connectivity index (χ4v) is 9.43. The topological polar surface area (TPSA) is 114 Å². The number of hydrogen-bond donors (Lipinski definition) is 2. The van der Waals surface area contributed by atoms with Crippen LogP contribution in [-0.4, -0.2) is 62.2 Å². The molecule has 0 saturated carbocycles. The maximum absolute atomic E-state index is 14.3. The molecule has 1 amide bonds. The molecule has 8 rings (SSSR count). The van der Waals surface area contributed by atoms with Gasteiger partial charge in [0.1, 0.15) is 17.2 Å². The average Bonchev–Trinajstić information content (AvgIpc) is 3.59. The number of nitrogens with two attached hydrogens (primary N) is 1.